The van der Waals surface area contributed by atoms with Gasteiger partial charge in [0, 0.05) is 38.6 Å². The number of piperazine rings is 1. The van der Waals surface area contributed by atoms with E-state index in [0.717, 1.165) is 51.0 Å². The number of nitrogens with one attached hydrogen (secondary N) is 1. The van der Waals surface area contributed by atoms with Crippen LogP contribution in [0.2, 0.25) is 0 Å². The molecule has 2 heterocycles. The summed E-state index contributed by atoms with van der Waals surface area (Å²) in [6, 6.07) is 0.336. The van der Waals surface area contributed by atoms with E-state index in [4.69, 9.17) is 4.52 Å². The van der Waals surface area contributed by atoms with Crippen molar-refractivity contribution in [3.05, 3.63) is 5.89 Å². The fourth-order valence-electron chi connectivity index (χ4n) is 2.57. The summed E-state index contributed by atoms with van der Waals surface area (Å²) in [6.45, 7) is 13.8. The van der Waals surface area contributed by atoms with Gasteiger partial charge in [-0.25, -0.2) is 0 Å². The van der Waals surface area contributed by atoms with Gasteiger partial charge < -0.3 is 19.6 Å². The van der Waals surface area contributed by atoms with Gasteiger partial charge in [-0.1, -0.05) is 27.7 Å². The first-order chi connectivity index (χ1) is 9.90. The van der Waals surface area contributed by atoms with Crippen molar-refractivity contribution < 1.29 is 4.52 Å². The maximum absolute atomic E-state index is 5.46. The Labute approximate surface area is 127 Å². The van der Waals surface area contributed by atoms with E-state index in [-0.39, 0.29) is 5.41 Å². The molecule has 1 aliphatic rings. The normalized spacial score (nSPS) is 19.0. The van der Waals surface area contributed by atoms with E-state index in [9.17, 15) is 0 Å². The van der Waals surface area contributed by atoms with Crippen molar-refractivity contribution in [2.75, 3.05) is 44.7 Å². The summed E-state index contributed by atoms with van der Waals surface area (Å²) >= 11 is 0. The second-order valence-corrected chi connectivity index (χ2v) is 6.96. The van der Waals surface area contributed by atoms with E-state index < -0.39 is 0 Å². The van der Waals surface area contributed by atoms with Gasteiger partial charge in [-0.2, -0.15) is 4.98 Å². The summed E-state index contributed by atoms with van der Waals surface area (Å²) in [5.74, 6) is 1.46. The molecule has 6 heteroatoms. The Kier molecular flexibility index (Phi) is 5.22. The van der Waals surface area contributed by atoms with Crippen molar-refractivity contribution in [3.63, 3.8) is 0 Å². The summed E-state index contributed by atoms with van der Waals surface area (Å²) in [5.41, 5.74) is 0.165. The molecule has 0 radical (unpaired) electrons. The van der Waals surface area contributed by atoms with E-state index in [1.807, 2.05) is 0 Å². The smallest absolute Gasteiger partial charge is 0.266 e. The van der Waals surface area contributed by atoms with Crippen molar-refractivity contribution in [1.82, 2.24) is 20.4 Å². The third-order valence-electron chi connectivity index (χ3n) is 4.12. The van der Waals surface area contributed by atoms with Crippen LogP contribution in [-0.4, -0.2) is 60.9 Å². The molecule has 1 N–H and O–H groups in total. The Bertz CT molecular complexity index is 432. The molecule has 1 atom stereocenters. The minimum Gasteiger partial charge on any atom is -0.337 e. The molecule has 1 aromatic rings. The zero-order valence-electron chi connectivity index (χ0n) is 14.0. The van der Waals surface area contributed by atoms with Crippen LogP contribution >= 0.6 is 0 Å². The summed E-state index contributed by atoms with van der Waals surface area (Å²) in [5, 5.41) is 7.67. The molecule has 1 saturated heterocycles. The molecule has 0 spiro atoms. The lowest BCUT2D eigenvalue weighted by atomic mass is 9.85. The van der Waals surface area contributed by atoms with E-state index in [1.54, 1.807) is 0 Å². The fourth-order valence-corrected chi connectivity index (χ4v) is 2.57. The average Bonchev–Trinajstić information content (AvgIpc) is 2.87. The van der Waals surface area contributed by atoms with Crippen LogP contribution in [0.5, 0.6) is 0 Å². The molecule has 21 heavy (non-hydrogen) atoms. The van der Waals surface area contributed by atoms with E-state index >= 15 is 0 Å². The summed E-state index contributed by atoms with van der Waals surface area (Å²) in [7, 11) is 2.14. The van der Waals surface area contributed by atoms with Gasteiger partial charge in [0.2, 0.25) is 5.89 Å². The quantitative estimate of drug-likeness (QED) is 0.886. The van der Waals surface area contributed by atoms with Crippen LogP contribution in [0.4, 0.5) is 5.95 Å². The first-order valence-electron chi connectivity index (χ1n) is 7.89. The Balaban J connectivity index is 1.99. The zero-order chi connectivity index (χ0) is 15.5. The van der Waals surface area contributed by atoms with Gasteiger partial charge >= 0.3 is 0 Å². The Morgan fingerprint density at radius 2 is 1.90 bits per heavy atom. The van der Waals surface area contributed by atoms with Crippen molar-refractivity contribution in [1.29, 1.82) is 0 Å². The lowest BCUT2D eigenvalue weighted by Crippen LogP contribution is -2.45. The van der Waals surface area contributed by atoms with Gasteiger partial charge in [-0.05, 0) is 24.2 Å². The van der Waals surface area contributed by atoms with Gasteiger partial charge in [-0.15, -0.1) is 0 Å². The highest BCUT2D eigenvalue weighted by Crippen LogP contribution is 2.23. The first kappa shape index (κ1) is 16.2. The fraction of sp³-hybridized carbons (Fsp3) is 0.867. The predicted molar refractivity (Wildman–Crippen MR) is 84.6 cm³/mol. The first-order valence-corrected chi connectivity index (χ1v) is 7.89. The standard InChI is InChI=1S/C15H29N5O/c1-6-16-12(15(2,3)4)11-13-17-14(18-21-13)20-9-7-19(5)8-10-20/h12,16H,6-11H2,1-5H3. The molecule has 0 amide bonds. The maximum atomic E-state index is 5.46. The highest BCUT2D eigenvalue weighted by molar-refractivity contribution is 5.28. The van der Waals surface area contributed by atoms with Crippen LogP contribution in [0.15, 0.2) is 4.52 Å². The van der Waals surface area contributed by atoms with Crippen LogP contribution in [-0.2, 0) is 6.42 Å². The van der Waals surface area contributed by atoms with Gasteiger partial charge in [-0.3, -0.25) is 0 Å². The topological polar surface area (TPSA) is 57.4 Å². The van der Waals surface area contributed by atoms with Gasteiger partial charge in [0.05, 0.1) is 0 Å². The number of hydrogen-bond donors (Lipinski definition) is 1. The summed E-state index contributed by atoms with van der Waals surface area (Å²) in [4.78, 5) is 9.10. The Morgan fingerprint density at radius 3 is 2.48 bits per heavy atom. The van der Waals surface area contributed by atoms with Crippen LogP contribution < -0.4 is 10.2 Å². The third kappa shape index (κ3) is 4.41. The van der Waals surface area contributed by atoms with Crippen LogP contribution in [0.25, 0.3) is 0 Å². The molecular formula is C15H29N5O. The van der Waals surface area contributed by atoms with E-state index in [0.29, 0.717) is 6.04 Å². The van der Waals surface area contributed by atoms with Crippen molar-refractivity contribution >= 4 is 5.95 Å². The van der Waals surface area contributed by atoms with Crippen molar-refractivity contribution in [2.45, 2.75) is 40.2 Å². The average molecular weight is 295 g/mol. The number of nitrogens with zero attached hydrogens (tertiary/aromatic N) is 4. The highest BCUT2D eigenvalue weighted by atomic mass is 16.5. The summed E-state index contributed by atoms with van der Waals surface area (Å²) in [6.07, 6.45) is 0.776. The number of anilines is 1. The van der Waals surface area contributed by atoms with Crippen LogP contribution in [0.1, 0.15) is 33.6 Å². The molecule has 120 valence electrons. The predicted octanol–water partition coefficient (Wildman–Crippen LogP) is 1.39. The Morgan fingerprint density at radius 1 is 1.24 bits per heavy atom. The molecule has 0 saturated carbocycles. The molecular weight excluding hydrogens is 266 g/mol. The molecule has 0 bridgehead atoms. The van der Waals surface area contributed by atoms with Gasteiger partial charge in [0.25, 0.3) is 5.95 Å². The van der Waals surface area contributed by atoms with Gasteiger partial charge in [0.15, 0.2) is 0 Å². The number of aromatic nitrogens is 2. The Hall–Kier alpha value is -1.14. The second-order valence-electron chi connectivity index (χ2n) is 6.96. The largest absolute Gasteiger partial charge is 0.337 e. The number of hydrogen-bond acceptors (Lipinski definition) is 6. The molecule has 1 fully saturated rings. The molecule has 1 aromatic heterocycles. The minimum absolute atomic E-state index is 0.165. The molecule has 0 aromatic carbocycles. The molecule has 1 unspecified atom stereocenters. The number of rotatable bonds is 5. The lowest BCUT2D eigenvalue weighted by molar-refractivity contribution is 0.247. The minimum atomic E-state index is 0.165. The maximum Gasteiger partial charge on any atom is 0.266 e. The zero-order valence-corrected chi connectivity index (χ0v) is 14.0. The van der Waals surface area contributed by atoms with Crippen molar-refractivity contribution in [3.8, 4) is 0 Å². The lowest BCUT2D eigenvalue weighted by Gasteiger charge is -2.31. The van der Waals surface area contributed by atoms with Crippen molar-refractivity contribution in [2.24, 2.45) is 5.41 Å². The van der Waals surface area contributed by atoms with E-state index in [2.05, 4.69) is 60.0 Å². The molecule has 6 nitrogen and oxygen atoms in total. The highest BCUT2D eigenvalue weighted by Gasteiger charge is 2.27. The van der Waals surface area contributed by atoms with Crippen LogP contribution in [0, 0.1) is 5.41 Å². The molecule has 0 aliphatic carbocycles. The third-order valence-corrected chi connectivity index (χ3v) is 4.12. The number of likely N-dealkylation sites (N-methyl/N-ethyl adjacent to an activating group) is 2. The SMILES string of the molecule is CCNC(Cc1nc(N2CCN(C)CC2)no1)C(C)(C)C. The van der Waals surface area contributed by atoms with Gasteiger partial charge in [0.1, 0.15) is 0 Å². The monoisotopic (exact) mass is 295 g/mol. The van der Waals surface area contributed by atoms with E-state index in [1.165, 1.54) is 0 Å². The summed E-state index contributed by atoms with van der Waals surface area (Å²) < 4.78 is 5.46. The molecule has 2 rings (SSSR count). The molecule has 1 aliphatic heterocycles. The van der Waals surface area contributed by atoms with Crippen LogP contribution in [0.3, 0.4) is 0 Å². The second kappa shape index (κ2) is 6.75.